The van der Waals surface area contributed by atoms with Gasteiger partial charge < -0.3 is 5.32 Å². The van der Waals surface area contributed by atoms with Crippen molar-refractivity contribution in [1.29, 1.82) is 0 Å². The first-order valence-corrected chi connectivity index (χ1v) is 7.67. The first-order valence-electron chi connectivity index (χ1n) is 7.67. The number of aromatic nitrogens is 2. The SMILES string of the molecule is CCc1ncnc(NC2CCC(C(C)(C)C)CC2)c1F.F. The number of aryl methyl sites for hydroxylation is 1. The Kier molecular flexibility index (Phi) is 6.05. The molecule has 0 unspecified atom stereocenters. The third-order valence-electron chi connectivity index (χ3n) is 4.49. The molecule has 1 aliphatic carbocycles. The van der Waals surface area contributed by atoms with Gasteiger partial charge in [0.05, 0.1) is 5.69 Å². The van der Waals surface area contributed by atoms with E-state index in [0.29, 0.717) is 29.4 Å². The van der Waals surface area contributed by atoms with Crippen LogP contribution in [-0.4, -0.2) is 16.0 Å². The van der Waals surface area contributed by atoms with Gasteiger partial charge in [0, 0.05) is 6.04 Å². The maximum atomic E-state index is 14.1. The minimum Gasteiger partial charge on any atom is -0.365 e. The second-order valence-electron chi connectivity index (χ2n) is 6.90. The summed E-state index contributed by atoms with van der Waals surface area (Å²) in [4.78, 5) is 8.02. The Morgan fingerprint density at radius 3 is 2.33 bits per heavy atom. The summed E-state index contributed by atoms with van der Waals surface area (Å²) in [5.74, 6) is 0.853. The molecule has 1 aromatic rings. The Labute approximate surface area is 126 Å². The van der Waals surface area contributed by atoms with Crippen molar-refractivity contribution in [3.63, 3.8) is 0 Å². The van der Waals surface area contributed by atoms with Crippen LogP contribution in [0.25, 0.3) is 0 Å². The Bertz CT molecular complexity index is 449. The molecular formula is C16H27F2N3. The summed E-state index contributed by atoms with van der Waals surface area (Å²) in [5, 5.41) is 3.27. The van der Waals surface area contributed by atoms with Crippen LogP contribution >= 0.6 is 0 Å². The van der Waals surface area contributed by atoms with Crippen molar-refractivity contribution in [3.05, 3.63) is 17.8 Å². The van der Waals surface area contributed by atoms with E-state index in [2.05, 4.69) is 36.1 Å². The van der Waals surface area contributed by atoms with Crippen molar-refractivity contribution in [3.8, 4) is 0 Å². The van der Waals surface area contributed by atoms with Gasteiger partial charge in [0.25, 0.3) is 0 Å². The molecule has 0 aromatic carbocycles. The highest BCUT2D eigenvalue weighted by Crippen LogP contribution is 2.38. The lowest BCUT2D eigenvalue weighted by Gasteiger charge is -2.37. The lowest BCUT2D eigenvalue weighted by molar-refractivity contribution is 0.173. The van der Waals surface area contributed by atoms with Crippen LogP contribution in [0.3, 0.4) is 0 Å². The van der Waals surface area contributed by atoms with Crippen molar-refractivity contribution in [2.24, 2.45) is 11.3 Å². The zero-order valence-electron chi connectivity index (χ0n) is 13.4. The molecule has 0 aliphatic heterocycles. The Morgan fingerprint density at radius 1 is 1.19 bits per heavy atom. The van der Waals surface area contributed by atoms with Gasteiger partial charge in [0.1, 0.15) is 6.33 Å². The third kappa shape index (κ3) is 4.35. The van der Waals surface area contributed by atoms with Crippen LogP contribution in [0, 0.1) is 17.2 Å². The van der Waals surface area contributed by atoms with Gasteiger partial charge in [-0.15, -0.1) is 0 Å². The molecule has 120 valence electrons. The van der Waals surface area contributed by atoms with E-state index in [1.807, 2.05) is 6.92 Å². The minimum atomic E-state index is -0.284. The summed E-state index contributed by atoms with van der Waals surface area (Å²) < 4.78 is 14.1. The Morgan fingerprint density at radius 2 is 1.81 bits per heavy atom. The van der Waals surface area contributed by atoms with Crippen LogP contribution < -0.4 is 5.32 Å². The van der Waals surface area contributed by atoms with Crippen LogP contribution in [0.15, 0.2) is 6.33 Å². The van der Waals surface area contributed by atoms with Crippen molar-refractivity contribution < 1.29 is 9.09 Å². The average molecular weight is 299 g/mol. The van der Waals surface area contributed by atoms with Crippen LogP contribution in [0.1, 0.15) is 59.1 Å². The molecule has 2 rings (SSSR count). The van der Waals surface area contributed by atoms with E-state index in [1.54, 1.807) is 0 Å². The summed E-state index contributed by atoms with van der Waals surface area (Å²) in [5.41, 5.74) is 0.867. The molecule has 0 spiro atoms. The summed E-state index contributed by atoms with van der Waals surface area (Å²) in [7, 11) is 0. The van der Waals surface area contributed by atoms with Crippen LogP contribution in [0.5, 0.6) is 0 Å². The average Bonchev–Trinajstić information content (AvgIpc) is 2.41. The zero-order valence-corrected chi connectivity index (χ0v) is 13.4. The molecule has 1 aromatic heterocycles. The molecule has 1 aliphatic rings. The van der Waals surface area contributed by atoms with E-state index in [4.69, 9.17) is 0 Å². The van der Waals surface area contributed by atoms with Crippen LogP contribution in [0.2, 0.25) is 0 Å². The van der Waals surface area contributed by atoms with Gasteiger partial charge in [-0.3, -0.25) is 4.70 Å². The fourth-order valence-electron chi connectivity index (χ4n) is 3.05. The molecule has 0 atom stereocenters. The largest absolute Gasteiger partial charge is 0.365 e. The number of hydrogen-bond donors (Lipinski definition) is 1. The number of hydrogen-bond acceptors (Lipinski definition) is 3. The molecule has 0 radical (unpaired) electrons. The quantitative estimate of drug-likeness (QED) is 0.901. The van der Waals surface area contributed by atoms with Crippen molar-refractivity contribution in [2.75, 3.05) is 5.32 Å². The van der Waals surface area contributed by atoms with Gasteiger partial charge in [0.2, 0.25) is 0 Å². The molecule has 1 heterocycles. The fourth-order valence-corrected chi connectivity index (χ4v) is 3.05. The molecular weight excluding hydrogens is 272 g/mol. The van der Waals surface area contributed by atoms with Gasteiger partial charge >= 0.3 is 0 Å². The summed E-state index contributed by atoms with van der Waals surface area (Å²) in [6.45, 7) is 8.83. The van der Waals surface area contributed by atoms with Crippen LogP contribution in [0.4, 0.5) is 14.9 Å². The maximum Gasteiger partial charge on any atom is 0.186 e. The topological polar surface area (TPSA) is 37.8 Å². The van der Waals surface area contributed by atoms with E-state index < -0.39 is 0 Å². The highest BCUT2D eigenvalue weighted by atomic mass is 19.1. The van der Waals surface area contributed by atoms with Gasteiger partial charge in [-0.2, -0.15) is 0 Å². The molecule has 5 heteroatoms. The monoisotopic (exact) mass is 299 g/mol. The van der Waals surface area contributed by atoms with Gasteiger partial charge in [-0.05, 0) is 43.4 Å². The van der Waals surface area contributed by atoms with E-state index >= 15 is 0 Å². The molecule has 0 bridgehead atoms. The lowest BCUT2D eigenvalue weighted by atomic mass is 9.71. The molecule has 0 amide bonds. The highest BCUT2D eigenvalue weighted by molar-refractivity contribution is 5.38. The molecule has 3 nitrogen and oxygen atoms in total. The first kappa shape index (κ1) is 17.8. The second-order valence-corrected chi connectivity index (χ2v) is 6.90. The minimum absolute atomic E-state index is 0. The predicted octanol–water partition coefficient (Wildman–Crippen LogP) is 4.35. The normalized spacial score (nSPS) is 22.5. The predicted molar refractivity (Wildman–Crippen MR) is 82.7 cm³/mol. The third-order valence-corrected chi connectivity index (χ3v) is 4.49. The second kappa shape index (κ2) is 7.14. The fraction of sp³-hybridized carbons (Fsp3) is 0.750. The maximum absolute atomic E-state index is 14.1. The standard InChI is InChI=1S/C16H26FN3.FH/c1-5-13-14(17)15(19-10-18-13)20-12-8-6-11(7-9-12)16(2,3)4;/h10-12H,5-9H2,1-4H3,(H,18,19,20);1H. The van der Waals surface area contributed by atoms with E-state index in [1.165, 1.54) is 19.2 Å². The van der Waals surface area contributed by atoms with Gasteiger partial charge in [-0.1, -0.05) is 27.7 Å². The molecule has 1 N–H and O–H groups in total. The lowest BCUT2D eigenvalue weighted by Crippen LogP contribution is -2.32. The molecule has 0 saturated heterocycles. The van der Waals surface area contributed by atoms with Crippen LogP contribution in [-0.2, 0) is 6.42 Å². The number of nitrogens with zero attached hydrogens (tertiary/aromatic N) is 2. The van der Waals surface area contributed by atoms with Gasteiger partial charge in [-0.25, -0.2) is 14.4 Å². The van der Waals surface area contributed by atoms with E-state index in [0.717, 1.165) is 18.8 Å². The molecule has 1 fully saturated rings. The van der Waals surface area contributed by atoms with E-state index in [9.17, 15) is 4.39 Å². The summed E-state index contributed by atoms with van der Waals surface area (Å²) >= 11 is 0. The number of rotatable bonds is 3. The number of nitrogens with one attached hydrogen (secondary N) is 1. The summed E-state index contributed by atoms with van der Waals surface area (Å²) in [6.07, 6.45) is 6.63. The number of halogens is 2. The summed E-state index contributed by atoms with van der Waals surface area (Å²) in [6, 6.07) is 0.336. The van der Waals surface area contributed by atoms with Crippen molar-refractivity contribution in [1.82, 2.24) is 9.97 Å². The molecule has 1 saturated carbocycles. The Hall–Kier alpha value is -1.26. The highest BCUT2D eigenvalue weighted by Gasteiger charge is 2.30. The Balaban J connectivity index is 0.00000220. The smallest absolute Gasteiger partial charge is 0.186 e. The van der Waals surface area contributed by atoms with Gasteiger partial charge in [0.15, 0.2) is 11.6 Å². The molecule has 21 heavy (non-hydrogen) atoms. The zero-order chi connectivity index (χ0) is 14.8. The first-order chi connectivity index (χ1) is 9.41. The van der Waals surface area contributed by atoms with Crippen molar-refractivity contribution >= 4 is 5.82 Å². The van der Waals surface area contributed by atoms with Crippen molar-refractivity contribution in [2.45, 2.75) is 65.8 Å². The van der Waals surface area contributed by atoms with E-state index in [-0.39, 0.29) is 10.5 Å². The number of anilines is 1.